The molecular weight excluding hydrogens is 348 g/mol. The van der Waals surface area contributed by atoms with Gasteiger partial charge in [0.2, 0.25) is 0 Å². The van der Waals surface area contributed by atoms with Gasteiger partial charge in [0, 0.05) is 0 Å². The van der Waals surface area contributed by atoms with Crippen LogP contribution < -0.4 is 9.47 Å². The van der Waals surface area contributed by atoms with Crippen LogP contribution in [0.25, 0.3) is 0 Å². The number of rotatable bonds is 5. The Morgan fingerprint density at radius 1 is 1.27 bits per heavy atom. The standard InChI is InChI=1S/C17H21BrO4/c1-21-14-10-11(9-13(18)15(14)22-12-5-6-12)17(16(19)20)7-3-2-4-8-17/h9-10,12H,2-8H2,1H3,(H,19,20). The molecule has 1 N–H and O–H groups in total. The van der Waals surface area contributed by atoms with Crippen LogP contribution in [-0.2, 0) is 10.2 Å². The zero-order chi connectivity index (χ0) is 15.7. The Balaban J connectivity index is 2.02. The van der Waals surface area contributed by atoms with Crippen molar-refractivity contribution in [2.45, 2.75) is 56.5 Å². The average Bonchev–Trinajstić information content (AvgIpc) is 3.33. The molecule has 120 valence electrons. The topological polar surface area (TPSA) is 55.8 Å². The van der Waals surface area contributed by atoms with Crippen LogP contribution in [0.5, 0.6) is 11.5 Å². The second kappa shape index (κ2) is 6.11. The molecule has 4 nitrogen and oxygen atoms in total. The van der Waals surface area contributed by atoms with E-state index in [0.29, 0.717) is 24.3 Å². The van der Waals surface area contributed by atoms with E-state index in [1.807, 2.05) is 12.1 Å². The highest BCUT2D eigenvalue weighted by Gasteiger charge is 2.42. The minimum Gasteiger partial charge on any atom is -0.493 e. The zero-order valence-corrected chi connectivity index (χ0v) is 14.3. The van der Waals surface area contributed by atoms with E-state index in [2.05, 4.69) is 15.9 Å². The molecule has 0 saturated heterocycles. The SMILES string of the molecule is COc1cc(C2(C(=O)O)CCCCC2)cc(Br)c1OC1CC1. The number of methoxy groups -OCH3 is 1. The summed E-state index contributed by atoms with van der Waals surface area (Å²) in [6, 6.07) is 3.75. The van der Waals surface area contributed by atoms with E-state index < -0.39 is 11.4 Å². The summed E-state index contributed by atoms with van der Waals surface area (Å²) < 4.78 is 12.1. The first-order valence-electron chi connectivity index (χ1n) is 7.85. The van der Waals surface area contributed by atoms with Gasteiger partial charge in [-0.2, -0.15) is 0 Å². The third kappa shape index (κ3) is 2.83. The molecule has 2 saturated carbocycles. The number of carbonyl (C=O) groups is 1. The van der Waals surface area contributed by atoms with Gasteiger partial charge in [0.1, 0.15) is 0 Å². The number of hydrogen-bond donors (Lipinski definition) is 1. The van der Waals surface area contributed by atoms with Crippen molar-refractivity contribution in [3.8, 4) is 11.5 Å². The first-order valence-corrected chi connectivity index (χ1v) is 8.64. The summed E-state index contributed by atoms with van der Waals surface area (Å²) in [7, 11) is 1.60. The molecule has 0 aromatic heterocycles. The lowest BCUT2D eigenvalue weighted by Crippen LogP contribution is -2.37. The molecule has 0 spiro atoms. The van der Waals surface area contributed by atoms with Crippen LogP contribution in [0.3, 0.4) is 0 Å². The highest BCUT2D eigenvalue weighted by atomic mass is 79.9. The number of carboxylic acids is 1. The van der Waals surface area contributed by atoms with Crippen molar-refractivity contribution in [3.63, 3.8) is 0 Å². The molecule has 1 aromatic rings. The Morgan fingerprint density at radius 3 is 2.50 bits per heavy atom. The van der Waals surface area contributed by atoms with Crippen molar-refractivity contribution in [3.05, 3.63) is 22.2 Å². The average molecular weight is 369 g/mol. The normalized spacial score (nSPS) is 20.5. The smallest absolute Gasteiger partial charge is 0.314 e. The number of carboxylic acid groups (broad SMARTS) is 1. The van der Waals surface area contributed by atoms with Gasteiger partial charge in [0.15, 0.2) is 11.5 Å². The summed E-state index contributed by atoms with van der Waals surface area (Å²) in [6.45, 7) is 0. The van der Waals surface area contributed by atoms with Gasteiger partial charge in [-0.15, -0.1) is 0 Å². The van der Waals surface area contributed by atoms with E-state index in [-0.39, 0.29) is 6.10 Å². The molecule has 2 aliphatic rings. The predicted molar refractivity (Wildman–Crippen MR) is 86.7 cm³/mol. The van der Waals surface area contributed by atoms with Crippen molar-refractivity contribution in [1.82, 2.24) is 0 Å². The Hall–Kier alpha value is -1.23. The third-order valence-corrected chi connectivity index (χ3v) is 5.30. The van der Waals surface area contributed by atoms with E-state index in [4.69, 9.17) is 9.47 Å². The fourth-order valence-corrected chi connectivity index (χ4v) is 3.78. The van der Waals surface area contributed by atoms with Crippen molar-refractivity contribution in [2.24, 2.45) is 0 Å². The highest BCUT2D eigenvalue weighted by molar-refractivity contribution is 9.10. The summed E-state index contributed by atoms with van der Waals surface area (Å²) in [5.74, 6) is 0.560. The summed E-state index contributed by atoms with van der Waals surface area (Å²) in [5, 5.41) is 9.83. The van der Waals surface area contributed by atoms with Gasteiger partial charge in [-0.25, -0.2) is 0 Å². The van der Waals surface area contributed by atoms with Gasteiger partial charge in [-0.3, -0.25) is 4.79 Å². The molecule has 5 heteroatoms. The zero-order valence-electron chi connectivity index (χ0n) is 12.7. The Labute approximate surface area is 138 Å². The quantitative estimate of drug-likeness (QED) is 0.842. The van der Waals surface area contributed by atoms with Gasteiger partial charge >= 0.3 is 5.97 Å². The minimum atomic E-state index is -0.799. The van der Waals surface area contributed by atoms with E-state index in [1.165, 1.54) is 0 Å². The second-order valence-electron chi connectivity index (χ2n) is 6.25. The second-order valence-corrected chi connectivity index (χ2v) is 7.11. The molecule has 0 amide bonds. The summed E-state index contributed by atoms with van der Waals surface area (Å²) in [6.07, 6.45) is 6.77. The van der Waals surface area contributed by atoms with Gasteiger partial charge in [-0.1, -0.05) is 19.3 Å². The maximum atomic E-state index is 12.0. The fourth-order valence-electron chi connectivity index (χ4n) is 3.24. The molecule has 2 aliphatic carbocycles. The molecule has 0 atom stereocenters. The molecule has 0 heterocycles. The third-order valence-electron chi connectivity index (χ3n) is 4.71. The largest absolute Gasteiger partial charge is 0.493 e. The highest BCUT2D eigenvalue weighted by Crippen LogP contribution is 2.46. The molecule has 0 radical (unpaired) electrons. The molecule has 1 aromatic carbocycles. The maximum absolute atomic E-state index is 12.0. The monoisotopic (exact) mass is 368 g/mol. The first-order chi connectivity index (χ1) is 10.6. The summed E-state index contributed by atoms with van der Waals surface area (Å²) >= 11 is 3.54. The van der Waals surface area contributed by atoms with Crippen LogP contribution in [0.15, 0.2) is 16.6 Å². The number of ether oxygens (including phenoxy) is 2. The van der Waals surface area contributed by atoms with Crippen molar-refractivity contribution < 1.29 is 19.4 Å². The lowest BCUT2D eigenvalue weighted by molar-refractivity contribution is -0.145. The van der Waals surface area contributed by atoms with Crippen LogP contribution in [-0.4, -0.2) is 24.3 Å². The summed E-state index contributed by atoms with van der Waals surface area (Å²) in [4.78, 5) is 12.0. The molecule has 0 unspecified atom stereocenters. The molecule has 3 rings (SSSR count). The van der Waals surface area contributed by atoms with Crippen LogP contribution >= 0.6 is 15.9 Å². The van der Waals surface area contributed by atoms with Gasteiger partial charge in [-0.05, 0) is 59.3 Å². The number of aliphatic carboxylic acids is 1. The van der Waals surface area contributed by atoms with Crippen LogP contribution in [0.4, 0.5) is 0 Å². The van der Waals surface area contributed by atoms with Crippen molar-refractivity contribution in [1.29, 1.82) is 0 Å². The number of halogens is 1. The molecular formula is C17H21BrO4. The van der Waals surface area contributed by atoms with Crippen molar-refractivity contribution in [2.75, 3.05) is 7.11 Å². The minimum absolute atomic E-state index is 0.263. The van der Waals surface area contributed by atoms with Crippen LogP contribution in [0, 0.1) is 0 Å². The van der Waals surface area contributed by atoms with Crippen molar-refractivity contribution >= 4 is 21.9 Å². The van der Waals surface area contributed by atoms with Gasteiger partial charge < -0.3 is 14.6 Å². The number of benzene rings is 1. The number of hydrogen-bond acceptors (Lipinski definition) is 3. The van der Waals surface area contributed by atoms with E-state index in [0.717, 1.165) is 42.1 Å². The van der Waals surface area contributed by atoms with E-state index >= 15 is 0 Å². The molecule has 22 heavy (non-hydrogen) atoms. The van der Waals surface area contributed by atoms with E-state index in [1.54, 1.807) is 7.11 Å². The molecule has 0 aliphatic heterocycles. The Bertz CT molecular complexity index is 574. The maximum Gasteiger partial charge on any atom is 0.314 e. The first kappa shape index (κ1) is 15.7. The van der Waals surface area contributed by atoms with E-state index in [9.17, 15) is 9.90 Å². The predicted octanol–water partition coefficient (Wildman–Crippen LogP) is 4.29. The summed E-state index contributed by atoms with van der Waals surface area (Å²) in [5.41, 5.74) is 0.0122. The molecule has 0 bridgehead atoms. The lowest BCUT2D eigenvalue weighted by atomic mass is 9.69. The Morgan fingerprint density at radius 2 is 1.95 bits per heavy atom. The molecule has 2 fully saturated rings. The lowest BCUT2D eigenvalue weighted by Gasteiger charge is -2.34. The van der Waals surface area contributed by atoms with Gasteiger partial charge in [0.25, 0.3) is 0 Å². The van der Waals surface area contributed by atoms with Crippen LogP contribution in [0.2, 0.25) is 0 Å². The van der Waals surface area contributed by atoms with Gasteiger partial charge in [0.05, 0.1) is 23.1 Å². The fraction of sp³-hybridized carbons (Fsp3) is 0.588. The Kier molecular flexibility index (Phi) is 4.35. The van der Waals surface area contributed by atoms with Crippen LogP contribution in [0.1, 0.15) is 50.5 Å².